The molecule has 1 aromatic heterocycles. The van der Waals surface area contributed by atoms with Crippen LogP contribution in [0.15, 0.2) is 24.3 Å². The molecular weight excluding hydrogens is 248 g/mol. The average molecular weight is 268 g/mol. The maximum atomic E-state index is 12.3. The summed E-state index contributed by atoms with van der Waals surface area (Å²) < 4.78 is 0. The van der Waals surface area contributed by atoms with Crippen molar-refractivity contribution in [2.45, 2.75) is 34.6 Å². The molecule has 0 saturated heterocycles. The Bertz CT molecular complexity index is 652. The number of carbonyl (C=O) groups is 1. The molecule has 104 valence electrons. The van der Waals surface area contributed by atoms with Crippen LogP contribution in [-0.2, 0) is 0 Å². The zero-order valence-electron chi connectivity index (χ0n) is 12.7. The van der Waals surface area contributed by atoms with Crippen molar-refractivity contribution in [2.75, 3.05) is 5.32 Å². The van der Waals surface area contributed by atoms with Crippen molar-refractivity contribution in [3.8, 4) is 0 Å². The highest BCUT2D eigenvalue weighted by atomic mass is 16.1. The van der Waals surface area contributed by atoms with Gasteiger partial charge >= 0.3 is 0 Å². The normalized spacial score (nSPS) is 10.4. The van der Waals surface area contributed by atoms with E-state index in [-0.39, 0.29) is 5.91 Å². The molecule has 0 aliphatic heterocycles. The Balaban J connectivity index is 2.30. The van der Waals surface area contributed by atoms with E-state index in [4.69, 9.17) is 0 Å². The molecule has 0 aliphatic carbocycles. The molecule has 0 fully saturated rings. The molecule has 3 nitrogen and oxygen atoms in total. The SMILES string of the molecule is Cc1cc(C)c(NC(=O)c2ccc(C)c(C)c2)c(C)n1. The molecule has 1 N–H and O–H groups in total. The molecule has 0 radical (unpaired) electrons. The number of benzene rings is 1. The first-order chi connectivity index (χ1) is 9.38. The first kappa shape index (κ1) is 14.3. The number of hydrogen-bond acceptors (Lipinski definition) is 2. The monoisotopic (exact) mass is 268 g/mol. The lowest BCUT2D eigenvalue weighted by molar-refractivity contribution is 0.102. The summed E-state index contributed by atoms with van der Waals surface area (Å²) in [6, 6.07) is 7.71. The number of anilines is 1. The van der Waals surface area contributed by atoms with Crippen molar-refractivity contribution in [1.82, 2.24) is 4.98 Å². The number of amides is 1. The first-order valence-electron chi connectivity index (χ1n) is 6.72. The lowest BCUT2D eigenvalue weighted by Crippen LogP contribution is -2.15. The van der Waals surface area contributed by atoms with E-state index in [9.17, 15) is 4.79 Å². The number of nitrogens with one attached hydrogen (secondary N) is 1. The van der Waals surface area contributed by atoms with Crippen molar-refractivity contribution >= 4 is 11.6 Å². The molecule has 1 heterocycles. The highest BCUT2D eigenvalue weighted by molar-refractivity contribution is 6.05. The Kier molecular flexibility index (Phi) is 3.89. The number of hydrogen-bond donors (Lipinski definition) is 1. The minimum Gasteiger partial charge on any atom is -0.320 e. The molecule has 3 heteroatoms. The van der Waals surface area contributed by atoms with E-state index < -0.39 is 0 Å². The van der Waals surface area contributed by atoms with Crippen LogP contribution < -0.4 is 5.32 Å². The van der Waals surface area contributed by atoms with Gasteiger partial charge in [0.15, 0.2) is 0 Å². The fourth-order valence-electron chi connectivity index (χ4n) is 2.28. The van der Waals surface area contributed by atoms with E-state index in [2.05, 4.69) is 10.3 Å². The van der Waals surface area contributed by atoms with Gasteiger partial charge in [0.1, 0.15) is 0 Å². The van der Waals surface area contributed by atoms with Gasteiger partial charge in [-0.15, -0.1) is 0 Å². The lowest BCUT2D eigenvalue weighted by atomic mass is 10.1. The highest BCUT2D eigenvalue weighted by Gasteiger charge is 2.11. The van der Waals surface area contributed by atoms with Crippen LogP contribution in [0.25, 0.3) is 0 Å². The van der Waals surface area contributed by atoms with Crippen LogP contribution in [-0.4, -0.2) is 10.9 Å². The lowest BCUT2D eigenvalue weighted by Gasteiger charge is -2.12. The van der Waals surface area contributed by atoms with Crippen LogP contribution in [0.2, 0.25) is 0 Å². The Morgan fingerprint density at radius 2 is 1.65 bits per heavy atom. The second-order valence-electron chi connectivity index (χ2n) is 5.29. The molecular formula is C17H20N2O. The molecule has 20 heavy (non-hydrogen) atoms. The number of rotatable bonds is 2. The van der Waals surface area contributed by atoms with E-state index in [0.29, 0.717) is 5.56 Å². The Labute approximate surface area is 120 Å². The van der Waals surface area contributed by atoms with E-state index >= 15 is 0 Å². The summed E-state index contributed by atoms with van der Waals surface area (Å²) in [5.41, 5.74) is 6.63. The minimum atomic E-state index is -0.0926. The van der Waals surface area contributed by atoms with Gasteiger partial charge in [-0.3, -0.25) is 9.78 Å². The predicted octanol–water partition coefficient (Wildman–Crippen LogP) is 3.88. The maximum Gasteiger partial charge on any atom is 0.255 e. The molecule has 1 amide bonds. The molecule has 0 atom stereocenters. The van der Waals surface area contributed by atoms with Crippen molar-refractivity contribution in [3.63, 3.8) is 0 Å². The van der Waals surface area contributed by atoms with Crippen molar-refractivity contribution in [2.24, 2.45) is 0 Å². The van der Waals surface area contributed by atoms with E-state index in [1.165, 1.54) is 5.56 Å². The van der Waals surface area contributed by atoms with E-state index in [1.807, 2.05) is 58.9 Å². The maximum absolute atomic E-state index is 12.3. The fraction of sp³-hybridized carbons (Fsp3) is 0.294. The van der Waals surface area contributed by atoms with Gasteiger partial charge in [0.2, 0.25) is 0 Å². The number of aryl methyl sites for hydroxylation is 5. The molecule has 2 rings (SSSR count). The summed E-state index contributed by atoms with van der Waals surface area (Å²) in [6.45, 7) is 9.90. The second-order valence-corrected chi connectivity index (χ2v) is 5.29. The van der Waals surface area contributed by atoms with Gasteiger partial charge in [0.25, 0.3) is 5.91 Å². The first-order valence-corrected chi connectivity index (χ1v) is 6.72. The number of carbonyl (C=O) groups excluding carboxylic acids is 1. The van der Waals surface area contributed by atoms with Gasteiger partial charge in [-0.1, -0.05) is 6.07 Å². The Morgan fingerprint density at radius 1 is 0.950 bits per heavy atom. The van der Waals surface area contributed by atoms with Crippen LogP contribution >= 0.6 is 0 Å². The molecule has 1 aromatic carbocycles. The molecule has 0 saturated carbocycles. The van der Waals surface area contributed by atoms with Crippen molar-refractivity contribution < 1.29 is 4.79 Å². The summed E-state index contributed by atoms with van der Waals surface area (Å²) in [5, 5.41) is 2.97. The molecule has 0 spiro atoms. The topological polar surface area (TPSA) is 42.0 Å². The largest absolute Gasteiger partial charge is 0.320 e. The smallest absolute Gasteiger partial charge is 0.255 e. The fourth-order valence-corrected chi connectivity index (χ4v) is 2.28. The summed E-state index contributed by atoms with van der Waals surface area (Å²) >= 11 is 0. The van der Waals surface area contributed by atoms with Gasteiger partial charge < -0.3 is 5.32 Å². The molecule has 0 bridgehead atoms. The van der Waals surface area contributed by atoms with Crippen LogP contribution in [0, 0.1) is 34.6 Å². The Hall–Kier alpha value is -2.16. The quantitative estimate of drug-likeness (QED) is 0.898. The van der Waals surface area contributed by atoms with E-state index in [1.54, 1.807) is 0 Å². The summed E-state index contributed by atoms with van der Waals surface area (Å²) in [5.74, 6) is -0.0926. The third-order valence-corrected chi connectivity index (χ3v) is 3.53. The minimum absolute atomic E-state index is 0.0926. The van der Waals surface area contributed by atoms with Crippen molar-refractivity contribution in [3.05, 3.63) is 57.9 Å². The van der Waals surface area contributed by atoms with Gasteiger partial charge in [-0.2, -0.15) is 0 Å². The molecule has 0 aliphatic rings. The second kappa shape index (κ2) is 5.45. The van der Waals surface area contributed by atoms with Crippen LogP contribution in [0.4, 0.5) is 5.69 Å². The van der Waals surface area contributed by atoms with Crippen molar-refractivity contribution in [1.29, 1.82) is 0 Å². The third kappa shape index (κ3) is 2.87. The number of aromatic nitrogens is 1. The van der Waals surface area contributed by atoms with E-state index in [0.717, 1.165) is 28.2 Å². The van der Waals surface area contributed by atoms with Gasteiger partial charge in [-0.05, 0) is 69.5 Å². The highest BCUT2D eigenvalue weighted by Crippen LogP contribution is 2.20. The summed E-state index contributed by atoms with van der Waals surface area (Å²) in [6.07, 6.45) is 0. The number of pyridine rings is 1. The van der Waals surface area contributed by atoms with Gasteiger partial charge in [0, 0.05) is 11.3 Å². The van der Waals surface area contributed by atoms with Gasteiger partial charge in [0.05, 0.1) is 11.4 Å². The molecule has 0 unspecified atom stereocenters. The standard InChI is InChI=1S/C17H20N2O/c1-10-6-7-15(9-11(10)2)17(20)19-16-12(3)8-13(4)18-14(16)5/h6-9H,1-5H3,(H,19,20). The molecule has 2 aromatic rings. The predicted molar refractivity (Wildman–Crippen MR) is 82.3 cm³/mol. The zero-order valence-corrected chi connectivity index (χ0v) is 12.7. The average Bonchev–Trinajstić information content (AvgIpc) is 2.36. The zero-order chi connectivity index (χ0) is 14.9. The van der Waals surface area contributed by atoms with Crippen LogP contribution in [0.1, 0.15) is 38.4 Å². The van der Waals surface area contributed by atoms with Crippen LogP contribution in [0.5, 0.6) is 0 Å². The van der Waals surface area contributed by atoms with Gasteiger partial charge in [-0.25, -0.2) is 0 Å². The Morgan fingerprint density at radius 3 is 2.25 bits per heavy atom. The third-order valence-electron chi connectivity index (χ3n) is 3.53. The number of nitrogens with zero attached hydrogens (tertiary/aromatic N) is 1. The van der Waals surface area contributed by atoms with Crippen LogP contribution in [0.3, 0.4) is 0 Å². The summed E-state index contributed by atoms with van der Waals surface area (Å²) in [4.78, 5) is 16.7. The summed E-state index contributed by atoms with van der Waals surface area (Å²) in [7, 11) is 0.